The van der Waals surface area contributed by atoms with Crippen LogP contribution >= 0.6 is 0 Å². The third kappa shape index (κ3) is 3.62. The quantitative estimate of drug-likeness (QED) is 0.612. The van der Waals surface area contributed by atoms with E-state index in [0.717, 1.165) is 26.3 Å². The smallest absolute Gasteiger partial charge is 0.0893 e. The van der Waals surface area contributed by atoms with Crippen molar-refractivity contribution < 1.29 is 4.74 Å². The molecule has 0 aliphatic carbocycles. The van der Waals surface area contributed by atoms with Crippen LogP contribution in [-0.2, 0) is 4.74 Å². The monoisotopic (exact) mass is 169 g/mol. The number of hydrogen-bond donors (Lipinski definition) is 1. The first-order chi connectivity index (χ1) is 5.93. The molecule has 1 fully saturated rings. The number of nitrogens with zero attached hydrogens (tertiary/aromatic N) is 2. The van der Waals surface area contributed by atoms with E-state index in [9.17, 15) is 0 Å². The van der Waals surface area contributed by atoms with Gasteiger partial charge in [-0.1, -0.05) is 0 Å². The van der Waals surface area contributed by atoms with Crippen molar-refractivity contribution in [2.75, 3.05) is 32.8 Å². The molecule has 1 aliphatic rings. The summed E-state index contributed by atoms with van der Waals surface area (Å²) in [6.07, 6.45) is 0. The first-order valence-electron chi connectivity index (χ1n) is 4.32. The largest absolute Gasteiger partial charge is 0.378 e. The van der Waals surface area contributed by atoms with Gasteiger partial charge in [-0.25, -0.2) is 9.98 Å². The number of nitrogens with one attached hydrogen (secondary N) is 1. The molecule has 12 heavy (non-hydrogen) atoms. The lowest BCUT2D eigenvalue weighted by molar-refractivity contribution is 0.0796. The highest BCUT2D eigenvalue weighted by Gasteiger charge is 2.10. The fourth-order valence-corrected chi connectivity index (χ4v) is 1.01. The maximum Gasteiger partial charge on any atom is 0.0893 e. The van der Waals surface area contributed by atoms with Gasteiger partial charge in [0.2, 0.25) is 0 Å². The van der Waals surface area contributed by atoms with Gasteiger partial charge in [-0.15, -0.1) is 0 Å². The van der Waals surface area contributed by atoms with Crippen LogP contribution in [0.1, 0.15) is 6.92 Å². The van der Waals surface area contributed by atoms with Gasteiger partial charge in [-0.2, -0.15) is 0 Å². The van der Waals surface area contributed by atoms with Gasteiger partial charge < -0.3 is 10.1 Å². The Balaban J connectivity index is 2.16. The van der Waals surface area contributed by atoms with Crippen LogP contribution in [-0.4, -0.2) is 44.9 Å². The summed E-state index contributed by atoms with van der Waals surface area (Å²) in [6, 6.07) is 2.98. The highest BCUT2D eigenvalue weighted by Crippen LogP contribution is 1.92. The van der Waals surface area contributed by atoms with E-state index >= 15 is 0 Å². The molecule has 1 atom stereocenters. The lowest BCUT2D eigenvalue weighted by Crippen LogP contribution is -2.43. The lowest BCUT2D eigenvalue weighted by Gasteiger charge is -2.21. The standard InChI is InChI=1S/C8H15N3O/c1-2-9-7-10-5-8-6-12-4-3-11-8/h8,11H,2-6H2,1H3. The van der Waals surface area contributed by atoms with E-state index in [-0.39, 0.29) is 0 Å². The zero-order valence-corrected chi connectivity index (χ0v) is 7.42. The lowest BCUT2D eigenvalue weighted by atomic mass is 10.3. The SMILES string of the molecule is CCN=C=NCC1COCCN1. The summed E-state index contributed by atoms with van der Waals surface area (Å²) < 4.78 is 5.26. The molecule has 0 amide bonds. The average molecular weight is 169 g/mol. The summed E-state index contributed by atoms with van der Waals surface area (Å²) in [5.41, 5.74) is 0. The fraction of sp³-hybridized carbons (Fsp3) is 0.875. The summed E-state index contributed by atoms with van der Waals surface area (Å²) in [5, 5.41) is 3.30. The predicted octanol–water partition coefficient (Wildman–Crippen LogP) is 0.169. The fourth-order valence-electron chi connectivity index (χ4n) is 1.01. The van der Waals surface area contributed by atoms with Gasteiger partial charge in [0.15, 0.2) is 0 Å². The molecule has 1 rings (SSSR count). The van der Waals surface area contributed by atoms with E-state index in [1.807, 2.05) is 6.92 Å². The minimum atomic E-state index is 0.346. The minimum Gasteiger partial charge on any atom is -0.378 e. The maximum absolute atomic E-state index is 5.26. The molecule has 1 aliphatic heterocycles. The van der Waals surface area contributed by atoms with Crippen LogP contribution in [0, 0.1) is 0 Å². The van der Waals surface area contributed by atoms with Crippen LogP contribution in [0.4, 0.5) is 0 Å². The second-order valence-electron chi connectivity index (χ2n) is 2.64. The second kappa shape index (κ2) is 5.89. The van der Waals surface area contributed by atoms with Crippen molar-refractivity contribution in [3.8, 4) is 0 Å². The zero-order chi connectivity index (χ0) is 8.65. The summed E-state index contributed by atoms with van der Waals surface area (Å²) in [6.45, 7) is 5.90. The second-order valence-corrected chi connectivity index (χ2v) is 2.64. The molecule has 68 valence electrons. The number of morpholine rings is 1. The van der Waals surface area contributed by atoms with E-state index in [2.05, 4.69) is 21.3 Å². The Bertz CT molecular complexity index is 169. The Hall–Kier alpha value is -0.700. The van der Waals surface area contributed by atoms with E-state index < -0.39 is 0 Å². The van der Waals surface area contributed by atoms with Gasteiger partial charge in [-0.3, -0.25) is 0 Å². The first kappa shape index (κ1) is 9.39. The Morgan fingerprint density at radius 2 is 2.50 bits per heavy atom. The van der Waals surface area contributed by atoms with Gasteiger partial charge in [0.05, 0.1) is 31.8 Å². The van der Waals surface area contributed by atoms with E-state index in [4.69, 9.17) is 4.74 Å². The Kier molecular flexibility index (Phi) is 4.61. The van der Waals surface area contributed by atoms with Gasteiger partial charge in [0.1, 0.15) is 0 Å². The van der Waals surface area contributed by atoms with Crippen LogP contribution in [0.25, 0.3) is 0 Å². The van der Waals surface area contributed by atoms with Gasteiger partial charge in [0, 0.05) is 13.1 Å². The van der Waals surface area contributed by atoms with Crippen molar-refractivity contribution >= 4 is 6.01 Å². The molecule has 0 aromatic carbocycles. The summed E-state index contributed by atoms with van der Waals surface area (Å²) >= 11 is 0. The summed E-state index contributed by atoms with van der Waals surface area (Å²) in [5.74, 6) is 0. The van der Waals surface area contributed by atoms with Crippen molar-refractivity contribution in [3.63, 3.8) is 0 Å². The van der Waals surface area contributed by atoms with E-state index in [0.29, 0.717) is 12.6 Å². The van der Waals surface area contributed by atoms with Crippen molar-refractivity contribution in [2.24, 2.45) is 9.98 Å². The van der Waals surface area contributed by atoms with Crippen molar-refractivity contribution in [3.05, 3.63) is 0 Å². The molecule has 1 saturated heterocycles. The highest BCUT2D eigenvalue weighted by atomic mass is 16.5. The number of aliphatic imine (C=N–C) groups is 2. The van der Waals surface area contributed by atoms with E-state index in [1.165, 1.54) is 0 Å². The Labute approximate surface area is 72.7 Å². The molecule has 0 aromatic rings. The van der Waals surface area contributed by atoms with Crippen LogP contribution in [0.5, 0.6) is 0 Å². The van der Waals surface area contributed by atoms with E-state index in [1.54, 1.807) is 0 Å². The van der Waals surface area contributed by atoms with Crippen LogP contribution < -0.4 is 5.32 Å². The summed E-state index contributed by atoms with van der Waals surface area (Å²) in [7, 11) is 0. The first-order valence-corrected chi connectivity index (χ1v) is 4.32. The highest BCUT2D eigenvalue weighted by molar-refractivity contribution is 5.40. The number of rotatable bonds is 3. The number of ether oxygens (including phenoxy) is 1. The molecule has 0 saturated carbocycles. The molecule has 1 heterocycles. The molecule has 0 aromatic heterocycles. The molecule has 0 radical (unpaired) electrons. The van der Waals surface area contributed by atoms with Crippen LogP contribution in [0.3, 0.4) is 0 Å². The molecule has 4 heteroatoms. The Morgan fingerprint density at radius 3 is 3.17 bits per heavy atom. The third-order valence-corrected chi connectivity index (χ3v) is 1.61. The average Bonchev–Trinajstić information content (AvgIpc) is 2.14. The molecule has 4 nitrogen and oxygen atoms in total. The zero-order valence-electron chi connectivity index (χ0n) is 7.42. The topological polar surface area (TPSA) is 46.0 Å². The molecule has 1 N–H and O–H groups in total. The predicted molar refractivity (Wildman–Crippen MR) is 47.9 cm³/mol. The van der Waals surface area contributed by atoms with Crippen LogP contribution in [0.15, 0.2) is 9.98 Å². The molecular weight excluding hydrogens is 154 g/mol. The minimum absolute atomic E-state index is 0.346. The normalized spacial score (nSPS) is 22.9. The molecule has 1 unspecified atom stereocenters. The molecule has 0 bridgehead atoms. The van der Waals surface area contributed by atoms with Crippen molar-refractivity contribution in [1.82, 2.24) is 5.32 Å². The van der Waals surface area contributed by atoms with Gasteiger partial charge >= 0.3 is 0 Å². The molecular formula is C8H15N3O. The number of hydrogen-bond acceptors (Lipinski definition) is 4. The molecule has 0 spiro atoms. The van der Waals surface area contributed by atoms with Gasteiger partial charge in [0.25, 0.3) is 0 Å². The van der Waals surface area contributed by atoms with Gasteiger partial charge in [-0.05, 0) is 6.92 Å². The van der Waals surface area contributed by atoms with Crippen LogP contribution in [0.2, 0.25) is 0 Å². The van der Waals surface area contributed by atoms with Crippen molar-refractivity contribution in [2.45, 2.75) is 13.0 Å². The maximum atomic E-state index is 5.26. The Morgan fingerprint density at radius 1 is 1.58 bits per heavy atom. The van der Waals surface area contributed by atoms with Crippen molar-refractivity contribution in [1.29, 1.82) is 0 Å². The third-order valence-electron chi connectivity index (χ3n) is 1.61. The summed E-state index contributed by atoms with van der Waals surface area (Å²) in [4.78, 5) is 7.90.